The monoisotopic (exact) mass is 389 g/mol. The average Bonchev–Trinajstić information content (AvgIpc) is 3.17. The molecule has 0 atom stereocenters. The summed E-state index contributed by atoms with van der Waals surface area (Å²) < 4.78 is 5.40. The quantitative estimate of drug-likeness (QED) is 0.440. The highest BCUT2D eigenvalue weighted by atomic mass is 32.1. The van der Waals surface area contributed by atoms with Crippen molar-refractivity contribution < 1.29 is 9.53 Å². The molecule has 140 valence electrons. The van der Waals surface area contributed by atoms with E-state index < -0.39 is 0 Å². The first kappa shape index (κ1) is 18.0. The van der Waals surface area contributed by atoms with Crippen molar-refractivity contribution in [1.82, 2.24) is 4.98 Å². The minimum atomic E-state index is -0.330. The van der Waals surface area contributed by atoms with Gasteiger partial charge in [0.05, 0.1) is 12.3 Å². The molecule has 6 heteroatoms. The van der Waals surface area contributed by atoms with Crippen molar-refractivity contribution in [3.63, 3.8) is 0 Å². The Balaban J connectivity index is 1.42. The molecule has 0 bridgehead atoms. The van der Waals surface area contributed by atoms with Crippen LogP contribution >= 0.6 is 11.3 Å². The number of nitrogens with zero attached hydrogens (tertiary/aromatic N) is 1. The summed E-state index contributed by atoms with van der Waals surface area (Å²) in [6.45, 7) is 2.54. The first-order valence-electron chi connectivity index (χ1n) is 8.97. The number of nitrogens with one attached hydrogen (secondary N) is 2. The maximum absolute atomic E-state index is 12.2. The Bertz CT molecular complexity index is 1110. The third-order valence-corrected chi connectivity index (χ3v) is 4.95. The molecule has 0 saturated heterocycles. The molecule has 0 saturated carbocycles. The Morgan fingerprint density at radius 2 is 1.79 bits per heavy atom. The topological polar surface area (TPSA) is 63.2 Å². The number of thiazole rings is 1. The fraction of sp³-hybridized carbons (Fsp3) is 0.0909. The molecule has 28 heavy (non-hydrogen) atoms. The van der Waals surface area contributed by atoms with Crippen molar-refractivity contribution in [2.45, 2.75) is 6.92 Å². The number of ether oxygens (including phenoxy) is 1. The predicted octanol–water partition coefficient (Wildman–Crippen LogP) is 6.01. The maximum atomic E-state index is 12.2. The number of carbonyl (C=O) groups excluding carboxylic acids is 1. The van der Waals surface area contributed by atoms with Crippen molar-refractivity contribution in [3.05, 3.63) is 72.1 Å². The minimum Gasteiger partial charge on any atom is -0.494 e. The van der Waals surface area contributed by atoms with Gasteiger partial charge in [-0.2, -0.15) is 0 Å². The molecule has 0 radical (unpaired) electrons. The maximum Gasteiger partial charge on any atom is 0.325 e. The number of amides is 2. The van der Waals surface area contributed by atoms with E-state index in [0.717, 1.165) is 22.4 Å². The van der Waals surface area contributed by atoms with Crippen LogP contribution in [0.15, 0.2) is 72.1 Å². The summed E-state index contributed by atoms with van der Waals surface area (Å²) in [5, 5.41) is 10.4. The standard InChI is InChI=1S/C22H19N3O2S/c1-2-27-19-11-9-18(10-12-19)23-21(26)25-22-24-20(14-28-22)17-8-7-15-5-3-4-6-16(15)13-17/h3-14H,2H2,1H3,(H2,23,24,25,26). The van der Waals surface area contributed by atoms with Crippen LogP contribution < -0.4 is 15.4 Å². The highest BCUT2D eigenvalue weighted by Crippen LogP contribution is 2.28. The second-order valence-corrected chi connectivity index (χ2v) is 6.99. The van der Waals surface area contributed by atoms with E-state index in [4.69, 9.17) is 4.74 Å². The summed E-state index contributed by atoms with van der Waals surface area (Å²) >= 11 is 1.39. The Kier molecular flexibility index (Phi) is 5.21. The van der Waals surface area contributed by atoms with Crippen LogP contribution in [-0.4, -0.2) is 17.6 Å². The summed E-state index contributed by atoms with van der Waals surface area (Å²) in [5.41, 5.74) is 2.55. The molecule has 2 amide bonds. The van der Waals surface area contributed by atoms with Gasteiger partial charge in [0.1, 0.15) is 5.75 Å². The first-order chi connectivity index (χ1) is 13.7. The highest BCUT2D eigenvalue weighted by Gasteiger charge is 2.09. The van der Waals surface area contributed by atoms with Crippen LogP contribution in [0.5, 0.6) is 5.75 Å². The van der Waals surface area contributed by atoms with Crippen LogP contribution in [0, 0.1) is 0 Å². The minimum absolute atomic E-state index is 0.330. The lowest BCUT2D eigenvalue weighted by Gasteiger charge is -2.07. The fourth-order valence-electron chi connectivity index (χ4n) is 2.87. The zero-order valence-electron chi connectivity index (χ0n) is 15.3. The van der Waals surface area contributed by atoms with E-state index in [2.05, 4.69) is 39.9 Å². The number of urea groups is 1. The molecule has 1 aromatic heterocycles. The number of hydrogen-bond donors (Lipinski definition) is 2. The molecule has 4 rings (SSSR count). The van der Waals surface area contributed by atoms with Crippen LogP contribution in [0.3, 0.4) is 0 Å². The molecule has 0 unspecified atom stereocenters. The van der Waals surface area contributed by atoms with E-state index in [1.54, 1.807) is 12.1 Å². The molecule has 0 fully saturated rings. The highest BCUT2D eigenvalue weighted by molar-refractivity contribution is 7.14. The van der Waals surface area contributed by atoms with Gasteiger partial charge in [-0.1, -0.05) is 36.4 Å². The van der Waals surface area contributed by atoms with E-state index in [9.17, 15) is 4.79 Å². The molecule has 0 aliphatic rings. The lowest BCUT2D eigenvalue weighted by atomic mass is 10.1. The van der Waals surface area contributed by atoms with Gasteiger partial charge in [-0.15, -0.1) is 11.3 Å². The number of fused-ring (bicyclic) bond motifs is 1. The van der Waals surface area contributed by atoms with E-state index in [0.29, 0.717) is 17.4 Å². The Morgan fingerprint density at radius 1 is 1.00 bits per heavy atom. The van der Waals surface area contributed by atoms with Crippen LogP contribution in [-0.2, 0) is 0 Å². The van der Waals surface area contributed by atoms with Gasteiger partial charge in [-0.3, -0.25) is 5.32 Å². The molecule has 3 aromatic carbocycles. The summed E-state index contributed by atoms with van der Waals surface area (Å²) in [6, 6.07) is 21.3. The number of aromatic nitrogens is 1. The zero-order chi connectivity index (χ0) is 19.3. The third kappa shape index (κ3) is 4.13. The molecule has 5 nitrogen and oxygen atoms in total. The van der Waals surface area contributed by atoms with E-state index >= 15 is 0 Å². The Labute approximate surface area is 167 Å². The van der Waals surface area contributed by atoms with Gasteiger partial charge in [0.2, 0.25) is 0 Å². The Morgan fingerprint density at radius 3 is 2.57 bits per heavy atom. The van der Waals surface area contributed by atoms with Gasteiger partial charge >= 0.3 is 6.03 Å². The number of anilines is 2. The molecule has 0 aliphatic heterocycles. The zero-order valence-corrected chi connectivity index (χ0v) is 16.1. The summed E-state index contributed by atoms with van der Waals surface area (Å²) in [6.07, 6.45) is 0. The lowest BCUT2D eigenvalue weighted by molar-refractivity contribution is 0.262. The molecule has 0 spiro atoms. The van der Waals surface area contributed by atoms with E-state index in [1.807, 2.05) is 42.6 Å². The third-order valence-electron chi connectivity index (χ3n) is 4.19. The Hall–Kier alpha value is -3.38. The molecule has 2 N–H and O–H groups in total. The summed E-state index contributed by atoms with van der Waals surface area (Å²) in [4.78, 5) is 16.8. The van der Waals surface area contributed by atoms with Gasteiger partial charge in [0.25, 0.3) is 0 Å². The van der Waals surface area contributed by atoms with E-state index in [1.165, 1.54) is 16.7 Å². The molecule has 1 heterocycles. The van der Waals surface area contributed by atoms with Gasteiger partial charge in [-0.25, -0.2) is 9.78 Å². The molecular weight excluding hydrogens is 370 g/mol. The predicted molar refractivity (Wildman–Crippen MR) is 115 cm³/mol. The SMILES string of the molecule is CCOc1ccc(NC(=O)Nc2nc(-c3ccc4ccccc4c3)cs2)cc1. The van der Waals surface area contributed by atoms with Crippen molar-refractivity contribution in [2.24, 2.45) is 0 Å². The van der Waals surface area contributed by atoms with Gasteiger partial charge in [-0.05, 0) is 48.0 Å². The van der Waals surface area contributed by atoms with Crippen LogP contribution in [0.25, 0.3) is 22.0 Å². The van der Waals surface area contributed by atoms with Crippen molar-refractivity contribution in [1.29, 1.82) is 0 Å². The van der Waals surface area contributed by atoms with Crippen molar-refractivity contribution in [3.8, 4) is 17.0 Å². The van der Waals surface area contributed by atoms with Crippen molar-refractivity contribution >= 4 is 39.0 Å². The molecular formula is C22H19N3O2S. The van der Waals surface area contributed by atoms with Gasteiger partial charge < -0.3 is 10.1 Å². The fourth-order valence-corrected chi connectivity index (χ4v) is 3.59. The molecule has 0 aliphatic carbocycles. The summed E-state index contributed by atoms with van der Waals surface area (Å²) in [5.74, 6) is 0.772. The van der Waals surface area contributed by atoms with Crippen molar-refractivity contribution in [2.75, 3.05) is 17.2 Å². The first-order valence-corrected chi connectivity index (χ1v) is 9.85. The normalized spacial score (nSPS) is 10.6. The number of rotatable bonds is 5. The second kappa shape index (κ2) is 8.10. The van der Waals surface area contributed by atoms with Crippen LogP contribution in [0.2, 0.25) is 0 Å². The average molecular weight is 389 g/mol. The largest absolute Gasteiger partial charge is 0.494 e. The smallest absolute Gasteiger partial charge is 0.325 e. The van der Waals surface area contributed by atoms with Crippen LogP contribution in [0.1, 0.15) is 6.92 Å². The number of benzene rings is 3. The molecule has 4 aromatic rings. The van der Waals surface area contributed by atoms with E-state index in [-0.39, 0.29) is 6.03 Å². The number of carbonyl (C=O) groups is 1. The second-order valence-electron chi connectivity index (χ2n) is 6.14. The van der Waals surface area contributed by atoms with Crippen LogP contribution in [0.4, 0.5) is 15.6 Å². The summed E-state index contributed by atoms with van der Waals surface area (Å²) in [7, 11) is 0. The number of hydrogen-bond acceptors (Lipinski definition) is 4. The van der Waals surface area contributed by atoms with Gasteiger partial charge in [0, 0.05) is 16.6 Å². The lowest BCUT2D eigenvalue weighted by Crippen LogP contribution is -2.19. The van der Waals surface area contributed by atoms with Gasteiger partial charge in [0.15, 0.2) is 5.13 Å².